The van der Waals surface area contributed by atoms with Crippen molar-refractivity contribution >= 4 is 27.7 Å². The second kappa shape index (κ2) is 7.16. The van der Waals surface area contributed by atoms with Gasteiger partial charge in [-0.25, -0.2) is 12.7 Å². The molecule has 1 aliphatic heterocycles. The molecule has 2 heterocycles. The first-order valence-corrected chi connectivity index (χ1v) is 10.6. The van der Waals surface area contributed by atoms with Gasteiger partial charge in [-0.1, -0.05) is 54.2 Å². The minimum Gasteiger partial charge on any atom is -0.416 e. The molecule has 0 N–H and O–H groups in total. The van der Waals surface area contributed by atoms with Crippen LogP contribution in [-0.4, -0.2) is 41.1 Å². The maximum absolute atomic E-state index is 12.5. The zero-order valence-electron chi connectivity index (χ0n) is 14.1. The Hall–Kier alpha value is -2.65. The molecular weight excluding hydrogens is 386 g/mol. The lowest BCUT2D eigenvalue weighted by atomic mass is 10.2. The zero-order chi connectivity index (χ0) is 18.9. The molecule has 0 atom stereocenters. The van der Waals surface area contributed by atoms with E-state index in [2.05, 4.69) is 10.2 Å². The highest BCUT2D eigenvalue weighted by atomic mass is 32.2. The quantitative estimate of drug-likeness (QED) is 0.586. The first-order chi connectivity index (χ1) is 13.1. The van der Waals surface area contributed by atoms with Crippen LogP contribution in [0.2, 0.25) is 0 Å². The van der Waals surface area contributed by atoms with Crippen LogP contribution in [0.3, 0.4) is 0 Å². The van der Waals surface area contributed by atoms with Gasteiger partial charge < -0.3 is 4.42 Å². The van der Waals surface area contributed by atoms with E-state index in [1.807, 2.05) is 30.3 Å². The predicted octanol–water partition coefficient (Wildman–Crippen LogP) is 2.60. The lowest BCUT2D eigenvalue weighted by Gasteiger charge is -2.13. The third-order valence-corrected chi connectivity index (χ3v) is 6.72. The number of thioether (sulfide) groups is 1. The van der Waals surface area contributed by atoms with E-state index in [0.29, 0.717) is 23.3 Å². The molecule has 27 heavy (non-hydrogen) atoms. The van der Waals surface area contributed by atoms with E-state index in [-0.39, 0.29) is 17.0 Å². The summed E-state index contributed by atoms with van der Waals surface area (Å²) < 4.78 is 31.5. The molecular formula is C18H15N3O4S2. The second-order valence-corrected chi connectivity index (χ2v) is 8.73. The first kappa shape index (κ1) is 17.7. The second-order valence-electron chi connectivity index (χ2n) is 5.85. The van der Waals surface area contributed by atoms with Crippen LogP contribution in [0.25, 0.3) is 0 Å². The summed E-state index contributed by atoms with van der Waals surface area (Å²) in [5, 5.41) is 8.32. The van der Waals surface area contributed by atoms with Gasteiger partial charge in [-0.15, -0.1) is 10.2 Å². The molecule has 0 aliphatic carbocycles. The number of nitrogens with zero attached hydrogens (tertiary/aromatic N) is 3. The summed E-state index contributed by atoms with van der Waals surface area (Å²) in [6.45, 7) is 0.0386. The van der Waals surface area contributed by atoms with Crippen molar-refractivity contribution in [1.82, 2.24) is 14.5 Å². The number of rotatable bonds is 6. The normalized spacial score (nSPS) is 15.1. The molecule has 0 spiro atoms. The molecule has 3 aromatic rings. The van der Waals surface area contributed by atoms with E-state index in [4.69, 9.17) is 4.42 Å². The van der Waals surface area contributed by atoms with E-state index in [0.717, 1.165) is 9.87 Å². The number of benzene rings is 2. The number of amides is 1. The summed E-state index contributed by atoms with van der Waals surface area (Å²) in [6, 6.07) is 16.0. The maximum Gasteiger partial charge on any atom is 0.276 e. The molecule has 0 bridgehead atoms. The lowest BCUT2D eigenvalue weighted by molar-refractivity contribution is 0.0876. The van der Waals surface area contributed by atoms with Crippen molar-refractivity contribution in [2.24, 2.45) is 0 Å². The maximum atomic E-state index is 12.5. The third kappa shape index (κ3) is 3.47. The van der Waals surface area contributed by atoms with Gasteiger partial charge in [0.15, 0.2) is 0 Å². The fourth-order valence-electron chi connectivity index (χ4n) is 2.81. The van der Waals surface area contributed by atoms with Crippen molar-refractivity contribution in [1.29, 1.82) is 0 Å². The number of hydrogen-bond donors (Lipinski definition) is 0. The highest BCUT2D eigenvalue weighted by molar-refractivity contribution is 7.99. The van der Waals surface area contributed by atoms with Crippen molar-refractivity contribution < 1.29 is 17.6 Å². The van der Waals surface area contributed by atoms with Gasteiger partial charge in [-0.2, -0.15) is 0 Å². The van der Waals surface area contributed by atoms with E-state index >= 15 is 0 Å². The van der Waals surface area contributed by atoms with Gasteiger partial charge in [0.05, 0.1) is 12.0 Å². The molecule has 0 saturated heterocycles. The minimum absolute atomic E-state index is 0.0386. The Kier molecular flexibility index (Phi) is 4.71. The molecule has 1 aliphatic rings. The number of hydrogen-bond acceptors (Lipinski definition) is 7. The molecule has 1 amide bonds. The van der Waals surface area contributed by atoms with E-state index in [1.54, 1.807) is 12.1 Å². The topological polar surface area (TPSA) is 93.4 Å². The van der Waals surface area contributed by atoms with Crippen molar-refractivity contribution in [3.63, 3.8) is 0 Å². The van der Waals surface area contributed by atoms with Crippen LogP contribution >= 0.6 is 11.8 Å². The largest absolute Gasteiger partial charge is 0.416 e. The van der Waals surface area contributed by atoms with Crippen molar-refractivity contribution in [3.05, 3.63) is 71.6 Å². The summed E-state index contributed by atoms with van der Waals surface area (Å²) in [5.74, 6) is 0.314. The standard InChI is InChI=1S/C18H15N3O4S2/c22-17-14-8-4-5-9-15(14)27(23,24)21(17)10-11-26-18-20-19-16(25-18)12-13-6-2-1-3-7-13/h1-9H,10-12H2. The van der Waals surface area contributed by atoms with Crippen molar-refractivity contribution in [2.75, 3.05) is 12.3 Å². The molecule has 138 valence electrons. The number of carbonyl (C=O) groups is 1. The molecule has 7 nitrogen and oxygen atoms in total. The Bertz CT molecular complexity index is 1080. The van der Waals surface area contributed by atoms with Crippen LogP contribution in [0, 0.1) is 0 Å². The fourth-order valence-corrected chi connectivity index (χ4v) is 5.19. The van der Waals surface area contributed by atoms with Crippen LogP contribution in [0.4, 0.5) is 0 Å². The van der Waals surface area contributed by atoms with Gasteiger partial charge in [-0.3, -0.25) is 4.79 Å². The fraction of sp³-hybridized carbons (Fsp3) is 0.167. The van der Waals surface area contributed by atoms with Crippen LogP contribution in [0.5, 0.6) is 0 Å². The van der Waals surface area contributed by atoms with Crippen LogP contribution in [0.1, 0.15) is 21.8 Å². The van der Waals surface area contributed by atoms with Gasteiger partial charge >= 0.3 is 0 Å². The van der Waals surface area contributed by atoms with Gasteiger partial charge in [-0.05, 0) is 17.7 Å². The molecule has 1 aromatic heterocycles. The number of carbonyl (C=O) groups excluding carboxylic acids is 1. The Morgan fingerprint density at radius 1 is 1.00 bits per heavy atom. The molecule has 9 heteroatoms. The highest BCUT2D eigenvalue weighted by Gasteiger charge is 2.40. The third-order valence-electron chi connectivity index (χ3n) is 4.08. The van der Waals surface area contributed by atoms with E-state index in [9.17, 15) is 13.2 Å². The van der Waals surface area contributed by atoms with Crippen LogP contribution < -0.4 is 0 Å². The van der Waals surface area contributed by atoms with Crippen LogP contribution in [-0.2, 0) is 16.4 Å². The summed E-state index contributed by atoms with van der Waals surface area (Å²) in [7, 11) is -3.78. The minimum atomic E-state index is -3.78. The molecule has 0 saturated carbocycles. The highest BCUT2D eigenvalue weighted by Crippen LogP contribution is 2.30. The molecule has 0 fully saturated rings. The molecule has 4 rings (SSSR count). The predicted molar refractivity (Wildman–Crippen MR) is 98.9 cm³/mol. The average Bonchev–Trinajstić information content (AvgIpc) is 3.19. The number of aromatic nitrogens is 2. The van der Waals surface area contributed by atoms with Crippen molar-refractivity contribution in [3.8, 4) is 0 Å². The Morgan fingerprint density at radius 3 is 2.52 bits per heavy atom. The summed E-state index contributed by atoms with van der Waals surface area (Å²) in [6.07, 6.45) is 0.530. The summed E-state index contributed by atoms with van der Waals surface area (Å²) in [4.78, 5) is 12.4. The summed E-state index contributed by atoms with van der Waals surface area (Å²) in [5.41, 5.74) is 1.27. The van der Waals surface area contributed by atoms with Crippen molar-refractivity contribution in [2.45, 2.75) is 16.5 Å². The smallest absolute Gasteiger partial charge is 0.276 e. The SMILES string of the molecule is O=C1c2ccccc2S(=O)(=O)N1CCSc1nnc(Cc2ccccc2)o1. The average molecular weight is 401 g/mol. The number of sulfonamides is 1. The zero-order valence-corrected chi connectivity index (χ0v) is 15.7. The Labute approximate surface area is 160 Å². The van der Waals surface area contributed by atoms with E-state index in [1.165, 1.54) is 23.9 Å². The monoisotopic (exact) mass is 401 g/mol. The first-order valence-electron chi connectivity index (χ1n) is 8.21. The Morgan fingerprint density at radius 2 is 1.74 bits per heavy atom. The molecule has 2 aromatic carbocycles. The van der Waals surface area contributed by atoms with Crippen LogP contribution in [0.15, 0.2) is 69.1 Å². The Balaban J connectivity index is 1.38. The lowest BCUT2D eigenvalue weighted by Crippen LogP contribution is -2.32. The van der Waals surface area contributed by atoms with E-state index < -0.39 is 15.9 Å². The summed E-state index contributed by atoms with van der Waals surface area (Å²) >= 11 is 1.22. The van der Waals surface area contributed by atoms with Gasteiger partial charge in [0.1, 0.15) is 4.90 Å². The van der Waals surface area contributed by atoms with Gasteiger partial charge in [0, 0.05) is 12.3 Å². The van der Waals surface area contributed by atoms with Gasteiger partial charge in [0.2, 0.25) is 5.89 Å². The van der Waals surface area contributed by atoms with Gasteiger partial charge in [0.25, 0.3) is 21.2 Å². The molecule has 0 radical (unpaired) electrons. The number of fused-ring (bicyclic) bond motifs is 1. The molecule has 0 unspecified atom stereocenters.